The summed E-state index contributed by atoms with van der Waals surface area (Å²) in [5.41, 5.74) is 0. The van der Waals surface area contributed by atoms with Gasteiger partial charge in [0.25, 0.3) is 0 Å². The highest BCUT2D eigenvalue weighted by Crippen LogP contribution is 2.30. The average Bonchev–Trinajstić information content (AvgIpc) is 2.19. The Kier molecular flexibility index (Phi) is 2.29. The van der Waals surface area contributed by atoms with Crippen LogP contribution in [0.4, 0.5) is 0 Å². The van der Waals surface area contributed by atoms with Crippen molar-refractivity contribution in [2.45, 2.75) is 0 Å². The lowest BCUT2D eigenvalue weighted by Gasteiger charge is -2.06. The Morgan fingerprint density at radius 1 is 1.07 bits per heavy atom. The molecule has 2 N–H and O–H groups in total. The zero-order chi connectivity index (χ0) is 9.97. The highest BCUT2D eigenvalue weighted by Gasteiger charge is 2.03. The lowest BCUT2D eigenvalue weighted by molar-refractivity contribution is 0.411. The summed E-state index contributed by atoms with van der Waals surface area (Å²) in [7, 11) is -0.439. The Balaban J connectivity index is 2.59. The second-order valence-corrected chi connectivity index (χ2v) is 2.94. The Hall–Kier alpha value is -1.68. The van der Waals surface area contributed by atoms with E-state index >= 15 is 0 Å². The molecule has 0 saturated carbocycles. The molecule has 2 aromatic carbocycles. The van der Waals surface area contributed by atoms with Crippen molar-refractivity contribution >= 4 is 18.5 Å². The molecular weight excluding hydrogens is 179 g/mol. The number of fused-ring (bicyclic) bond motifs is 1. The fourth-order valence-corrected chi connectivity index (χ4v) is 1.39. The van der Waals surface area contributed by atoms with Crippen molar-refractivity contribution in [1.29, 1.82) is 0 Å². The van der Waals surface area contributed by atoms with Crippen molar-refractivity contribution in [3.8, 4) is 11.5 Å². The zero-order valence-electron chi connectivity index (χ0n) is 7.47. The molecule has 70 valence electrons. The van der Waals surface area contributed by atoms with Crippen molar-refractivity contribution in [1.82, 2.24) is 0 Å². The van der Waals surface area contributed by atoms with E-state index in [0.717, 1.165) is 10.8 Å². The van der Waals surface area contributed by atoms with Gasteiger partial charge in [0.15, 0.2) is 5.75 Å². The van der Waals surface area contributed by atoms with E-state index in [9.17, 15) is 5.11 Å². The normalized spacial score (nSPS) is 10.1. The number of hydrogen-bond acceptors (Lipinski definition) is 3. The third-order valence-electron chi connectivity index (χ3n) is 2.05. The van der Waals surface area contributed by atoms with Crippen LogP contribution < -0.4 is 4.65 Å². The maximum Gasteiger partial charge on any atom is 0.504 e. The summed E-state index contributed by atoms with van der Waals surface area (Å²) in [5.74, 6) is 0.337. The van der Waals surface area contributed by atoms with Gasteiger partial charge in [0, 0.05) is 0 Å². The molecule has 14 heavy (non-hydrogen) atoms. The van der Waals surface area contributed by atoms with Gasteiger partial charge in [-0.05, 0) is 22.9 Å². The first-order valence-corrected chi connectivity index (χ1v) is 4.26. The van der Waals surface area contributed by atoms with Crippen LogP contribution in [0.2, 0.25) is 0 Å². The monoisotopic (exact) mass is 188 g/mol. The molecule has 0 aliphatic carbocycles. The van der Waals surface area contributed by atoms with E-state index in [0.29, 0.717) is 5.75 Å². The van der Waals surface area contributed by atoms with Gasteiger partial charge < -0.3 is 14.8 Å². The SMILES string of the molecule is OBOc1cc2ccccc2cc1O. The van der Waals surface area contributed by atoms with Gasteiger partial charge in [-0.1, -0.05) is 24.3 Å². The molecule has 0 aliphatic heterocycles. The molecule has 0 spiro atoms. The summed E-state index contributed by atoms with van der Waals surface area (Å²) in [6.07, 6.45) is 0. The van der Waals surface area contributed by atoms with Gasteiger partial charge in [-0.2, -0.15) is 0 Å². The maximum atomic E-state index is 9.50. The van der Waals surface area contributed by atoms with Gasteiger partial charge in [-0.25, -0.2) is 0 Å². The molecule has 3 nitrogen and oxygen atoms in total. The van der Waals surface area contributed by atoms with Crippen LogP contribution in [0.1, 0.15) is 0 Å². The first-order chi connectivity index (χ1) is 6.81. The van der Waals surface area contributed by atoms with E-state index in [1.54, 1.807) is 12.1 Å². The third kappa shape index (κ3) is 1.52. The van der Waals surface area contributed by atoms with E-state index < -0.39 is 7.69 Å². The zero-order valence-corrected chi connectivity index (χ0v) is 7.47. The first kappa shape index (κ1) is 8.90. The van der Waals surface area contributed by atoms with Gasteiger partial charge in [0.1, 0.15) is 5.75 Å². The van der Waals surface area contributed by atoms with Crippen molar-refractivity contribution in [3.63, 3.8) is 0 Å². The standard InChI is InChI=1S/C10H9BO3/c12-9-5-7-3-1-2-4-8(7)6-10(9)14-11-13/h1-6,11-13H. The second-order valence-electron chi connectivity index (χ2n) is 2.94. The van der Waals surface area contributed by atoms with Crippen molar-refractivity contribution < 1.29 is 14.8 Å². The Morgan fingerprint density at radius 2 is 1.71 bits per heavy atom. The second kappa shape index (κ2) is 3.60. The molecule has 0 unspecified atom stereocenters. The van der Waals surface area contributed by atoms with Crippen molar-refractivity contribution in [2.24, 2.45) is 0 Å². The number of phenols is 1. The summed E-state index contributed by atoms with van der Waals surface area (Å²) in [6.45, 7) is 0. The quantitative estimate of drug-likeness (QED) is 0.695. The lowest BCUT2D eigenvalue weighted by Crippen LogP contribution is -1.99. The summed E-state index contributed by atoms with van der Waals surface area (Å²) < 4.78 is 4.85. The molecule has 2 aromatic rings. The minimum atomic E-state index is -0.439. The molecule has 4 heteroatoms. The van der Waals surface area contributed by atoms with E-state index in [-0.39, 0.29) is 5.75 Å². The number of rotatable bonds is 2. The van der Waals surface area contributed by atoms with E-state index in [1.165, 1.54) is 0 Å². The van der Waals surface area contributed by atoms with Gasteiger partial charge in [0.05, 0.1) is 0 Å². The van der Waals surface area contributed by atoms with E-state index in [2.05, 4.69) is 0 Å². The Labute approximate surface area is 81.9 Å². The van der Waals surface area contributed by atoms with Crippen LogP contribution in [0, 0.1) is 0 Å². The van der Waals surface area contributed by atoms with Crippen molar-refractivity contribution in [3.05, 3.63) is 36.4 Å². The number of aromatic hydroxyl groups is 1. The molecular formula is C10H9BO3. The van der Waals surface area contributed by atoms with Gasteiger partial charge in [-0.3, -0.25) is 0 Å². The van der Waals surface area contributed by atoms with Crippen LogP contribution in [0.15, 0.2) is 36.4 Å². The maximum absolute atomic E-state index is 9.50. The average molecular weight is 188 g/mol. The Bertz CT molecular complexity index is 456. The minimum Gasteiger partial charge on any atom is -0.536 e. The van der Waals surface area contributed by atoms with Crippen LogP contribution in [0.3, 0.4) is 0 Å². The van der Waals surface area contributed by atoms with Crippen LogP contribution in [-0.2, 0) is 0 Å². The predicted molar refractivity (Wildman–Crippen MR) is 55.6 cm³/mol. The minimum absolute atomic E-state index is 0.0396. The summed E-state index contributed by atoms with van der Waals surface area (Å²) in [6, 6.07) is 10.9. The molecule has 0 aromatic heterocycles. The topological polar surface area (TPSA) is 49.7 Å². The van der Waals surface area contributed by atoms with Crippen LogP contribution in [0.25, 0.3) is 10.8 Å². The molecule has 2 rings (SSSR count). The molecule has 0 atom stereocenters. The molecule has 0 radical (unpaired) electrons. The number of phenolic OH excluding ortho intramolecular Hbond substituents is 1. The summed E-state index contributed by atoms with van der Waals surface area (Å²) in [5, 5.41) is 20.0. The fraction of sp³-hybridized carbons (Fsp3) is 0. The fourth-order valence-electron chi connectivity index (χ4n) is 1.39. The number of benzene rings is 2. The summed E-state index contributed by atoms with van der Waals surface area (Å²) in [4.78, 5) is 0. The smallest absolute Gasteiger partial charge is 0.504 e. The Morgan fingerprint density at radius 3 is 2.36 bits per heavy atom. The third-order valence-corrected chi connectivity index (χ3v) is 2.05. The van der Waals surface area contributed by atoms with Gasteiger partial charge >= 0.3 is 7.69 Å². The van der Waals surface area contributed by atoms with E-state index in [1.807, 2.05) is 24.3 Å². The highest BCUT2D eigenvalue weighted by atomic mass is 16.5. The number of hydrogen-bond donors (Lipinski definition) is 2. The molecule has 0 saturated heterocycles. The van der Waals surface area contributed by atoms with Gasteiger partial charge in [0.2, 0.25) is 0 Å². The molecule has 0 fully saturated rings. The van der Waals surface area contributed by atoms with Crippen LogP contribution in [0.5, 0.6) is 11.5 Å². The van der Waals surface area contributed by atoms with Crippen molar-refractivity contribution in [2.75, 3.05) is 0 Å². The van der Waals surface area contributed by atoms with Crippen LogP contribution in [-0.4, -0.2) is 17.8 Å². The molecule has 0 heterocycles. The predicted octanol–water partition coefficient (Wildman–Crippen LogP) is 1.18. The van der Waals surface area contributed by atoms with Crippen LogP contribution >= 0.6 is 0 Å². The lowest BCUT2D eigenvalue weighted by atomic mass is 10.1. The van der Waals surface area contributed by atoms with Gasteiger partial charge in [-0.15, -0.1) is 0 Å². The summed E-state index contributed by atoms with van der Waals surface area (Å²) >= 11 is 0. The largest absolute Gasteiger partial charge is 0.536 e. The molecule has 0 amide bonds. The highest BCUT2D eigenvalue weighted by molar-refractivity contribution is 6.17. The van der Waals surface area contributed by atoms with E-state index in [4.69, 9.17) is 9.68 Å². The molecule has 0 aliphatic rings. The molecule has 0 bridgehead atoms. The first-order valence-electron chi connectivity index (χ1n) is 4.26.